The van der Waals surface area contributed by atoms with E-state index in [-0.39, 0.29) is 11.8 Å². The van der Waals surface area contributed by atoms with Crippen molar-refractivity contribution in [2.45, 2.75) is 24.3 Å². The van der Waals surface area contributed by atoms with E-state index in [0.717, 1.165) is 42.1 Å². The van der Waals surface area contributed by atoms with Crippen molar-refractivity contribution in [1.29, 1.82) is 0 Å². The maximum absolute atomic E-state index is 12.8. The van der Waals surface area contributed by atoms with Crippen molar-refractivity contribution in [3.05, 3.63) is 48.4 Å². The summed E-state index contributed by atoms with van der Waals surface area (Å²) in [7, 11) is 3.19. The zero-order valence-electron chi connectivity index (χ0n) is 19.0. The van der Waals surface area contributed by atoms with Crippen molar-refractivity contribution < 1.29 is 18.8 Å². The number of para-hydroxylation sites is 1. The van der Waals surface area contributed by atoms with Gasteiger partial charge in [0, 0.05) is 16.4 Å². The van der Waals surface area contributed by atoms with Crippen LogP contribution >= 0.6 is 11.8 Å². The van der Waals surface area contributed by atoms with E-state index in [4.69, 9.17) is 14.0 Å². The Hall–Kier alpha value is -3.04. The Bertz CT molecular complexity index is 1100. The molecule has 4 rings (SSSR count). The van der Waals surface area contributed by atoms with Gasteiger partial charge < -0.3 is 19.3 Å². The summed E-state index contributed by atoms with van der Waals surface area (Å²) in [6.07, 6.45) is 3.60. The van der Waals surface area contributed by atoms with Crippen LogP contribution in [0.15, 0.2) is 51.9 Å². The zero-order valence-corrected chi connectivity index (χ0v) is 19.9. The van der Waals surface area contributed by atoms with Gasteiger partial charge in [-0.05, 0) is 62.5 Å². The Labute approximate surface area is 197 Å². The van der Waals surface area contributed by atoms with Crippen molar-refractivity contribution in [2.75, 3.05) is 38.9 Å². The molecule has 0 bridgehead atoms. The van der Waals surface area contributed by atoms with E-state index in [1.165, 1.54) is 0 Å². The topological polar surface area (TPSA) is 89.7 Å². The molecule has 3 aromatic rings. The quantitative estimate of drug-likeness (QED) is 0.489. The van der Waals surface area contributed by atoms with Gasteiger partial charge in [-0.25, -0.2) is 0 Å². The number of carbonyl (C=O) groups excluding carboxylic acids is 1. The minimum absolute atomic E-state index is 0.00109. The SMILES string of the molecule is COc1ccc(-c2noc(CN3CCC(C(=O)Nc4ccccc4SC)CC3)n2)cc1OC. The second-order valence-electron chi connectivity index (χ2n) is 7.82. The van der Waals surface area contributed by atoms with Crippen LogP contribution in [0.2, 0.25) is 0 Å². The molecular formula is C24H28N4O4S. The summed E-state index contributed by atoms with van der Waals surface area (Å²) in [6, 6.07) is 13.4. The van der Waals surface area contributed by atoms with Gasteiger partial charge in [0.2, 0.25) is 17.6 Å². The average Bonchev–Trinajstić information content (AvgIpc) is 3.32. The third kappa shape index (κ3) is 5.48. The van der Waals surface area contributed by atoms with E-state index >= 15 is 0 Å². The smallest absolute Gasteiger partial charge is 0.241 e. The number of nitrogens with one attached hydrogen (secondary N) is 1. The molecule has 8 nitrogen and oxygen atoms in total. The number of methoxy groups -OCH3 is 2. The molecule has 9 heteroatoms. The Balaban J connectivity index is 1.32. The summed E-state index contributed by atoms with van der Waals surface area (Å²) in [5.41, 5.74) is 1.68. The number of amides is 1. The van der Waals surface area contributed by atoms with Crippen LogP contribution in [-0.2, 0) is 11.3 Å². The molecular weight excluding hydrogens is 440 g/mol. The van der Waals surface area contributed by atoms with Crippen molar-refractivity contribution in [2.24, 2.45) is 5.92 Å². The second-order valence-corrected chi connectivity index (χ2v) is 8.67. The van der Waals surface area contributed by atoms with Crippen LogP contribution in [0.5, 0.6) is 11.5 Å². The summed E-state index contributed by atoms with van der Waals surface area (Å²) in [4.78, 5) is 20.6. The molecule has 0 unspecified atom stereocenters. The van der Waals surface area contributed by atoms with Gasteiger partial charge in [-0.2, -0.15) is 4.98 Å². The highest BCUT2D eigenvalue weighted by molar-refractivity contribution is 7.98. The van der Waals surface area contributed by atoms with Crippen LogP contribution in [0.25, 0.3) is 11.4 Å². The number of carbonyl (C=O) groups is 1. The number of likely N-dealkylation sites (tertiary alicyclic amines) is 1. The fourth-order valence-electron chi connectivity index (χ4n) is 3.94. The number of piperidine rings is 1. The summed E-state index contributed by atoms with van der Waals surface area (Å²) in [5, 5.41) is 7.21. The fourth-order valence-corrected chi connectivity index (χ4v) is 4.49. The number of anilines is 1. The largest absolute Gasteiger partial charge is 0.493 e. The average molecular weight is 469 g/mol. The third-order valence-electron chi connectivity index (χ3n) is 5.79. The maximum Gasteiger partial charge on any atom is 0.241 e. The molecule has 2 heterocycles. The molecule has 1 amide bonds. The Morgan fingerprint density at radius 3 is 2.64 bits per heavy atom. The first-order valence-corrected chi connectivity index (χ1v) is 12.0. The van der Waals surface area contributed by atoms with E-state index in [1.807, 2.05) is 48.7 Å². The highest BCUT2D eigenvalue weighted by Gasteiger charge is 2.26. The van der Waals surface area contributed by atoms with Crippen LogP contribution in [0.4, 0.5) is 5.69 Å². The molecule has 1 N–H and O–H groups in total. The molecule has 1 fully saturated rings. The zero-order chi connectivity index (χ0) is 23.2. The van der Waals surface area contributed by atoms with Gasteiger partial charge in [-0.15, -0.1) is 11.8 Å². The van der Waals surface area contributed by atoms with Crippen LogP contribution in [0.3, 0.4) is 0 Å². The monoisotopic (exact) mass is 468 g/mol. The van der Waals surface area contributed by atoms with Gasteiger partial charge in [-0.3, -0.25) is 9.69 Å². The minimum atomic E-state index is 0.00109. The van der Waals surface area contributed by atoms with E-state index in [2.05, 4.69) is 20.4 Å². The Morgan fingerprint density at radius 1 is 1.15 bits per heavy atom. The predicted molar refractivity (Wildman–Crippen MR) is 128 cm³/mol. The number of hydrogen-bond acceptors (Lipinski definition) is 8. The summed E-state index contributed by atoms with van der Waals surface area (Å²) in [5.74, 6) is 2.41. The number of aromatic nitrogens is 2. The molecule has 0 aliphatic carbocycles. The lowest BCUT2D eigenvalue weighted by Crippen LogP contribution is -2.37. The molecule has 174 valence electrons. The summed E-state index contributed by atoms with van der Waals surface area (Å²) in [6.45, 7) is 2.16. The third-order valence-corrected chi connectivity index (χ3v) is 6.59. The predicted octanol–water partition coefficient (Wildman–Crippen LogP) is 4.33. The van der Waals surface area contributed by atoms with Gasteiger partial charge in [0.1, 0.15) is 0 Å². The lowest BCUT2D eigenvalue weighted by molar-refractivity contribution is -0.121. The molecule has 0 radical (unpaired) electrons. The minimum Gasteiger partial charge on any atom is -0.493 e. The first kappa shape index (κ1) is 23.1. The lowest BCUT2D eigenvalue weighted by atomic mass is 9.96. The number of thioether (sulfide) groups is 1. The van der Waals surface area contributed by atoms with Gasteiger partial charge in [0.25, 0.3) is 0 Å². The lowest BCUT2D eigenvalue weighted by Gasteiger charge is -2.30. The van der Waals surface area contributed by atoms with Crippen LogP contribution in [0.1, 0.15) is 18.7 Å². The number of ether oxygens (including phenoxy) is 2. The molecule has 2 aromatic carbocycles. The maximum atomic E-state index is 12.8. The van der Waals surface area contributed by atoms with E-state index < -0.39 is 0 Å². The number of benzene rings is 2. The number of nitrogens with zero attached hydrogens (tertiary/aromatic N) is 3. The van der Waals surface area contributed by atoms with E-state index in [1.54, 1.807) is 26.0 Å². The second kappa shape index (κ2) is 10.7. The normalized spacial score (nSPS) is 14.8. The van der Waals surface area contributed by atoms with E-state index in [9.17, 15) is 4.79 Å². The molecule has 1 aliphatic rings. The molecule has 33 heavy (non-hydrogen) atoms. The Kier molecular flexibility index (Phi) is 7.51. The van der Waals surface area contributed by atoms with Crippen molar-refractivity contribution in [3.63, 3.8) is 0 Å². The van der Waals surface area contributed by atoms with Crippen LogP contribution < -0.4 is 14.8 Å². The van der Waals surface area contributed by atoms with Crippen molar-refractivity contribution in [1.82, 2.24) is 15.0 Å². The first-order chi connectivity index (χ1) is 16.1. The molecule has 0 atom stereocenters. The molecule has 0 spiro atoms. The first-order valence-electron chi connectivity index (χ1n) is 10.8. The highest BCUT2D eigenvalue weighted by Crippen LogP contribution is 2.31. The summed E-state index contributed by atoms with van der Waals surface area (Å²) < 4.78 is 16.1. The highest BCUT2D eigenvalue weighted by atomic mass is 32.2. The van der Waals surface area contributed by atoms with E-state index in [0.29, 0.717) is 29.8 Å². The van der Waals surface area contributed by atoms with Crippen LogP contribution in [0, 0.1) is 5.92 Å². The van der Waals surface area contributed by atoms with Gasteiger partial charge >= 0.3 is 0 Å². The molecule has 0 saturated carbocycles. The molecule has 1 aromatic heterocycles. The molecule has 1 saturated heterocycles. The number of hydrogen-bond donors (Lipinski definition) is 1. The van der Waals surface area contributed by atoms with Gasteiger partial charge in [0.15, 0.2) is 11.5 Å². The summed E-state index contributed by atoms with van der Waals surface area (Å²) >= 11 is 1.63. The van der Waals surface area contributed by atoms with Crippen molar-refractivity contribution in [3.8, 4) is 22.9 Å². The fraction of sp³-hybridized carbons (Fsp3) is 0.375. The van der Waals surface area contributed by atoms with Gasteiger partial charge in [-0.1, -0.05) is 17.3 Å². The van der Waals surface area contributed by atoms with Gasteiger partial charge in [0.05, 0.1) is 26.5 Å². The molecule has 1 aliphatic heterocycles. The van der Waals surface area contributed by atoms with Crippen molar-refractivity contribution >= 4 is 23.4 Å². The van der Waals surface area contributed by atoms with Crippen LogP contribution in [-0.4, -0.2) is 54.5 Å². The number of rotatable bonds is 8. The standard InChI is InChI=1S/C24H28N4O4S/c1-30-19-9-8-17(14-20(19)31-2)23-26-22(32-27-23)15-28-12-10-16(11-13-28)24(29)25-18-6-4-5-7-21(18)33-3/h4-9,14,16H,10-13,15H2,1-3H3,(H,25,29). The Morgan fingerprint density at radius 2 is 1.91 bits per heavy atom.